The van der Waals surface area contributed by atoms with Crippen LogP contribution in [0.4, 0.5) is 0 Å². The number of nitrogens with zero attached hydrogens (tertiary/aromatic N) is 1. The van der Waals surface area contributed by atoms with Gasteiger partial charge in [-0.1, -0.05) is 85.0 Å². The van der Waals surface area contributed by atoms with Crippen molar-refractivity contribution in [3.05, 3.63) is 0 Å². The summed E-state index contributed by atoms with van der Waals surface area (Å²) in [6, 6.07) is 0. The standard InChI is InChI=1S/C25H52N2O2/c1-5-8-9-10-11-12-13-14-15-16-17-19-24(4)29-25(28)20-23-27(7-3)22-18-21-26-6-2/h24,26H,5-23H2,1-4H3. The molecule has 0 saturated heterocycles. The van der Waals surface area contributed by atoms with Gasteiger partial charge in [0.05, 0.1) is 12.5 Å². The SMILES string of the molecule is CCCCCCCCCCCCCC(C)OC(=O)CCN(CC)CCCNCC. The average molecular weight is 413 g/mol. The summed E-state index contributed by atoms with van der Waals surface area (Å²) in [6.45, 7) is 13.5. The van der Waals surface area contributed by atoms with Gasteiger partial charge in [0.1, 0.15) is 0 Å². The summed E-state index contributed by atoms with van der Waals surface area (Å²) >= 11 is 0. The second-order valence-electron chi connectivity index (χ2n) is 8.52. The normalized spacial score (nSPS) is 12.4. The summed E-state index contributed by atoms with van der Waals surface area (Å²) in [6.07, 6.45) is 17.6. The van der Waals surface area contributed by atoms with Gasteiger partial charge in [-0.2, -0.15) is 0 Å². The highest BCUT2D eigenvalue weighted by Crippen LogP contribution is 2.13. The summed E-state index contributed by atoms with van der Waals surface area (Å²) < 4.78 is 5.60. The van der Waals surface area contributed by atoms with Crippen molar-refractivity contribution in [2.24, 2.45) is 0 Å². The molecule has 0 aliphatic rings. The molecule has 0 aromatic heterocycles. The molecule has 1 atom stereocenters. The van der Waals surface area contributed by atoms with Gasteiger partial charge in [-0.25, -0.2) is 0 Å². The molecule has 0 rings (SSSR count). The van der Waals surface area contributed by atoms with Crippen LogP contribution in [0.3, 0.4) is 0 Å². The molecule has 4 nitrogen and oxygen atoms in total. The molecule has 0 radical (unpaired) electrons. The lowest BCUT2D eigenvalue weighted by molar-refractivity contribution is -0.148. The van der Waals surface area contributed by atoms with Gasteiger partial charge in [-0.3, -0.25) is 4.79 Å². The molecule has 29 heavy (non-hydrogen) atoms. The first-order chi connectivity index (χ1) is 14.1. The van der Waals surface area contributed by atoms with E-state index in [1.807, 2.05) is 6.92 Å². The largest absolute Gasteiger partial charge is 0.463 e. The lowest BCUT2D eigenvalue weighted by Crippen LogP contribution is -2.30. The van der Waals surface area contributed by atoms with Crippen molar-refractivity contribution >= 4 is 5.97 Å². The van der Waals surface area contributed by atoms with Gasteiger partial charge in [0.25, 0.3) is 0 Å². The molecule has 1 unspecified atom stereocenters. The summed E-state index contributed by atoms with van der Waals surface area (Å²) in [5.41, 5.74) is 0. The molecule has 0 heterocycles. The van der Waals surface area contributed by atoms with E-state index in [1.165, 1.54) is 70.6 Å². The Bertz CT molecular complexity index is 350. The predicted molar refractivity (Wildman–Crippen MR) is 127 cm³/mol. The molecule has 0 spiro atoms. The maximum atomic E-state index is 12.1. The van der Waals surface area contributed by atoms with E-state index in [-0.39, 0.29) is 12.1 Å². The summed E-state index contributed by atoms with van der Waals surface area (Å²) in [5.74, 6) is -0.0364. The fourth-order valence-corrected chi connectivity index (χ4v) is 3.72. The van der Waals surface area contributed by atoms with Gasteiger partial charge >= 0.3 is 5.97 Å². The fourth-order valence-electron chi connectivity index (χ4n) is 3.72. The van der Waals surface area contributed by atoms with E-state index >= 15 is 0 Å². The van der Waals surface area contributed by atoms with Crippen LogP contribution >= 0.6 is 0 Å². The Morgan fingerprint density at radius 1 is 0.828 bits per heavy atom. The molecule has 0 amide bonds. The van der Waals surface area contributed by atoms with E-state index in [4.69, 9.17) is 4.74 Å². The molecular formula is C25H52N2O2. The molecule has 4 heteroatoms. The first kappa shape index (κ1) is 28.4. The zero-order chi connectivity index (χ0) is 21.6. The third-order valence-electron chi connectivity index (χ3n) is 5.70. The minimum atomic E-state index is -0.0364. The molecule has 0 aliphatic heterocycles. The predicted octanol–water partition coefficient (Wildman–Crippen LogP) is 6.33. The molecule has 0 bridgehead atoms. The fraction of sp³-hybridized carbons (Fsp3) is 0.960. The molecule has 0 saturated carbocycles. The second kappa shape index (κ2) is 22.1. The van der Waals surface area contributed by atoms with Crippen LogP contribution in [0.5, 0.6) is 0 Å². The lowest BCUT2D eigenvalue weighted by Gasteiger charge is -2.20. The number of carbonyl (C=O) groups excluding carboxylic acids is 1. The third-order valence-corrected chi connectivity index (χ3v) is 5.70. The van der Waals surface area contributed by atoms with Crippen LogP contribution in [0, 0.1) is 0 Å². The Morgan fingerprint density at radius 3 is 1.97 bits per heavy atom. The van der Waals surface area contributed by atoms with Crippen molar-refractivity contribution in [1.29, 1.82) is 0 Å². The number of nitrogens with one attached hydrogen (secondary N) is 1. The Hall–Kier alpha value is -0.610. The Morgan fingerprint density at radius 2 is 1.41 bits per heavy atom. The quantitative estimate of drug-likeness (QED) is 0.167. The smallest absolute Gasteiger partial charge is 0.307 e. The van der Waals surface area contributed by atoms with Crippen LogP contribution in [0.15, 0.2) is 0 Å². The topological polar surface area (TPSA) is 41.6 Å². The minimum Gasteiger partial charge on any atom is -0.463 e. The lowest BCUT2D eigenvalue weighted by atomic mass is 10.0. The van der Waals surface area contributed by atoms with E-state index < -0.39 is 0 Å². The summed E-state index contributed by atoms with van der Waals surface area (Å²) in [5, 5.41) is 3.35. The summed E-state index contributed by atoms with van der Waals surface area (Å²) in [7, 11) is 0. The van der Waals surface area contributed by atoms with Gasteiger partial charge < -0.3 is 15.0 Å². The number of hydrogen-bond donors (Lipinski definition) is 1. The number of rotatable bonds is 22. The first-order valence-corrected chi connectivity index (χ1v) is 12.8. The van der Waals surface area contributed by atoms with Crippen LogP contribution in [-0.2, 0) is 9.53 Å². The van der Waals surface area contributed by atoms with E-state index in [9.17, 15) is 4.79 Å². The number of ether oxygens (including phenoxy) is 1. The van der Waals surface area contributed by atoms with Crippen molar-refractivity contribution in [3.8, 4) is 0 Å². The monoisotopic (exact) mass is 412 g/mol. The highest BCUT2D eigenvalue weighted by atomic mass is 16.5. The third kappa shape index (κ3) is 20.4. The van der Waals surface area contributed by atoms with Gasteiger partial charge in [0.2, 0.25) is 0 Å². The summed E-state index contributed by atoms with van der Waals surface area (Å²) in [4.78, 5) is 14.4. The zero-order valence-corrected chi connectivity index (χ0v) is 20.3. The maximum absolute atomic E-state index is 12.1. The number of carbonyl (C=O) groups is 1. The molecule has 0 aromatic carbocycles. The Kier molecular flexibility index (Phi) is 21.6. The van der Waals surface area contributed by atoms with Gasteiger partial charge in [-0.15, -0.1) is 0 Å². The molecule has 174 valence electrons. The Balaban J connectivity index is 3.54. The van der Waals surface area contributed by atoms with Crippen molar-refractivity contribution in [2.75, 3.05) is 32.7 Å². The van der Waals surface area contributed by atoms with Crippen LogP contribution in [0.1, 0.15) is 118 Å². The molecular weight excluding hydrogens is 360 g/mol. The minimum absolute atomic E-state index is 0.0364. The van der Waals surface area contributed by atoms with Crippen LogP contribution in [0.2, 0.25) is 0 Å². The zero-order valence-electron chi connectivity index (χ0n) is 20.3. The number of esters is 1. The van der Waals surface area contributed by atoms with Crippen LogP contribution in [0.25, 0.3) is 0 Å². The van der Waals surface area contributed by atoms with Gasteiger partial charge in [-0.05, 0) is 52.4 Å². The first-order valence-electron chi connectivity index (χ1n) is 12.8. The van der Waals surface area contributed by atoms with Gasteiger partial charge in [0.15, 0.2) is 0 Å². The average Bonchev–Trinajstić information content (AvgIpc) is 2.71. The Labute approximate surface area is 182 Å². The van der Waals surface area contributed by atoms with E-state index in [1.54, 1.807) is 0 Å². The molecule has 0 aliphatic carbocycles. The second-order valence-corrected chi connectivity index (χ2v) is 8.52. The highest BCUT2D eigenvalue weighted by molar-refractivity contribution is 5.69. The number of unbranched alkanes of at least 4 members (excludes halogenated alkanes) is 10. The van der Waals surface area contributed by atoms with E-state index in [2.05, 4.69) is 31.0 Å². The molecule has 0 fully saturated rings. The highest BCUT2D eigenvalue weighted by Gasteiger charge is 2.11. The van der Waals surface area contributed by atoms with E-state index in [0.29, 0.717) is 6.42 Å². The molecule has 0 aromatic rings. The van der Waals surface area contributed by atoms with Crippen molar-refractivity contribution in [1.82, 2.24) is 10.2 Å². The number of hydrogen-bond acceptors (Lipinski definition) is 4. The van der Waals surface area contributed by atoms with Crippen molar-refractivity contribution in [2.45, 2.75) is 124 Å². The van der Waals surface area contributed by atoms with Crippen LogP contribution in [-0.4, -0.2) is 49.7 Å². The van der Waals surface area contributed by atoms with Crippen molar-refractivity contribution in [3.63, 3.8) is 0 Å². The molecule has 1 N–H and O–H groups in total. The van der Waals surface area contributed by atoms with E-state index in [0.717, 1.165) is 45.6 Å². The van der Waals surface area contributed by atoms with Crippen LogP contribution < -0.4 is 5.32 Å². The van der Waals surface area contributed by atoms with Crippen molar-refractivity contribution < 1.29 is 9.53 Å². The van der Waals surface area contributed by atoms with Gasteiger partial charge in [0, 0.05) is 6.54 Å². The maximum Gasteiger partial charge on any atom is 0.307 e.